The summed E-state index contributed by atoms with van der Waals surface area (Å²) in [5.41, 5.74) is 0.996. The molecule has 1 aromatic rings. The molecule has 0 N–H and O–H groups in total. The van der Waals surface area contributed by atoms with Crippen molar-refractivity contribution in [3.63, 3.8) is 0 Å². The second kappa shape index (κ2) is 5.31. The van der Waals surface area contributed by atoms with Crippen molar-refractivity contribution in [1.82, 2.24) is 4.90 Å². The van der Waals surface area contributed by atoms with Gasteiger partial charge in [-0.2, -0.15) is 0 Å². The van der Waals surface area contributed by atoms with Crippen LogP contribution < -0.4 is 0 Å². The molecular weight excluding hydrogens is 252 g/mol. The van der Waals surface area contributed by atoms with Gasteiger partial charge in [0.2, 0.25) is 0 Å². The first kappa shape index (κ1) is 12.2. The molecule has 0 atom stereocenters. The Hall–Kier alpha value is -0.830. The van der Waals surface area contributed by atoms with Crippen molar-refractivity contribution in [3.8, 4) is 0 Å². The fourth-order valence-corrected chi connectivity index (χ4v) is 1.66. The maximum absolute atomic E-state index is 4.62. The monoisotopic (exact) mass is 268 g/mol. The molecule has 0 aliphatic rings. The summed E-state index contributed by atoms with van der Waals surface area (Å²) in [7, 11) is 4.05. The summed E-state index contributed by atoms with van der Waals surface area (Å²) in [6.45, 7) is 4.30. The number of amidine groups is 1. The van der Waals surface area contributed by atoms with Crippen LogP contribution in [0.25, 0.3) is 0 Å². The molecule has 0 fully saturated rings. The molecule has 2 nitrogen and oxygen atoms in total. The molecule has 0 saturated heterocycles. The number of hydrogen-bond donors (Lipinski definition) is 0. The SMILES string of the molecule is CC(C)C(=Nc1ccc(Br)cc1)N(C)C. The van der Waals surface area contributed by atoms with Crippen LogP contribution in [0, 0.1) is 5.92 Å². The van der Waals surface area contributed by atoms with E-state index in [-0.39, 0.29) is 0 Å². The predicted octanol–water partition coefficient (Wildman–Crippen LogP) is 3.70. The predicted molar refractivity (Wildman–Crippen MR) is 69.8 cm³/mol. The van der Waals surface area contributed by atoms with E-state index in [1.54, 1.807) is 0 Å². The number of rotatable bonds is 2. The Morgan fingerprint density at radius 1 is 1.20 bits per heavy atom. The minimum atomic E-state index is 0.434. The van der Waals surface area contributed by atoms with E-state index in [9.17, 15) is 0 Å². The van der Waals surface area contributed by atoms with E-state index in [1.807, 2.05) is 38.4 Å². The lowest BCUT2D eigenvalue weighted by molar-refractivity contribution is 0.575. The van der Waals surface area contributed by atoms with Gasteiger partial charge >= 0.3 is 0 Å². The van der Waals surface area contributed by atoms with Gasteiger partial charge in [-0.1, -0.05) is 29.8 Å². The van der Waals surface area contributed by atoms with Gasteiger partial charge in [-0.15, -0.1) is 0 Å². The summed E-state index contributed by atoms with van der Waals surface area (Å²) in [6, 6.07) is 8.03. The molecule has 0 radical (unpaired) electrons. The maximum Gasteiger partial charge on any atom is 0.107 e. The Kier molecular flexibility index (Phi) is 4.33. The fraction of sp³-hybridized carbons (Fsp3) is 0.417. The minimum absolute atomic E-state index is 0.434. The van der Waals surface area contributed by atoms with Gasteiger partial charge < -0.3 is 4.90 Å². The highest BCUT2D eigenvalue weighted by molar-refractivity contribution is 9.10. The molecule has 0 amide bonds. The molecule has 0 aliphatic heterocycles. The highest BCUT2D eigenvalue weighted by Gasteiger charge is 2.07. The molecule has 0 unspecified atom stereocenters. The Morgan fingerprint density at radius 3 is 2.13 bits per heavy atom. The van der Waals surface area contributed by atoms with E-state index in [4.69, 9.17) is 0 Å². The van der Waals surface area contributed by atoms with E-state index >= 15 is 0 Å². The Balaban J connectivity index is 2.97. The quantitative estimate of drug-likeness (QED) is 0.590. The average molecular weight is 269 g/mol. The van der Waals surface area contributed by atoms with Crippen LogP contribution in [0.5, 0.6) is 0 Å². The summed E-state index contributed by atoms with van der Waals surface area (Å²) in [6.07, 6.45) is 0. The van der Waals surface area contributed by atoms with E-state index in [0.29, 0.717) is 5.92 Å². The first-order valence-corrected chi connectivity index (χ1v) is 5.81. The lowest BCUT2D eigenvalue weighted by Crippen LogP contribution is -2.26. The van der Waals surface area contributed by atoms with E-state index in [0.717, 1.165) is 16.0 Å². The Labute approximate surface area is 100 Å². The zero-order valence-corrected chi connectivity index (χ0v) is 11.2. The van der Waals surface area contributed by atoms with Crippen molar-refractivity contribution in [1.29, 1.82) is 0 Å². The van der Waals surface area contributed by atoms with Crippen molar-refractivity contribution in [2.24, 2.45) is 10.9 Å². The standard InChI is InChI=1S/C12H17BrN2/c1-9(2)12(15(3)4)14-11-7-5-10(13)6-8-11/h5-9H,1-4H3. The normalized spacial score (nSPS) is 12.0. The van der Waals surface area contributed by atoms with E-state index in [1.165, 1.54) is 0 Å². The molecule has 0 aromatic heterocycles. The third kappa shape index (κ3) is 3.67. The van der Waals surface area contributed by atoms with Crippen molar-refractivity contribution < 1.29 is 0 Å². The van der Waals surface area contributed by atoms with Crippen LogP contribution in [0.2, 0.25) is 0 Å². The van der Waals surface area contributed by atoms with E-state index < -0.39 is 0 Å². The summed E-state index contributed by atoms with van der Waals surface area (Å²) in [4.78, 5) is 6.68. The molecule has 0 aliphatic carbocycles. The van der Waals surface area contributed by atoms with Crippen LogP contribution in [-0.2, 0) is 0 Å². The van der Waals surface area contributed by atoms with Gasteiger partial charge in [0.05, 0.1) is 5.69 Å². The molecule has 0 heterocycles. The molecule has 0 spiro atoms. The lowest BCUT2D eigenvalue weighted by atomic mass is 10.2. The van der Waals surface area contributed by atoms with Gasteiger partial charge in [-0.05, 0) is 24.3 Å². The maximum atomic E-state index is 4.62. The van der Waals surface area contributed by atoms with Gasteiger partial charge in [0.25, 0.3) is 0 Å². The summed E-state index contributed by atoms with van der Waals surface area (Å²) in [5.74, 6) is 1.53. The summed E-state index contributed by atoms with van der Waals surface area (Å²) < 4.78 is 1.08. The average Bonchev–Trinajstić information content (AvgIpc) is 2.15. The molecule has 0 bridgehead atoms. The van der Waals surface area contributed by atoms with Crippen LogP contribution in [0.4, 0.5) is 5.69 Å². The molecule has 1 rings (SSSR count). The number of aliphatic imine (C=N–C) groups is 1. The summed E-state index contributed by atoms with van der Waals surface area (Å²) >= 11 is 3.41. The fourth-order valence-electron chi connectivity index (χ4n) is 1.39. The van der Waals surface area contributed by atoms with Crippen molar-refractivity contribution in [2.75, 3.05) is 14.1 Å². The second-order valence-corrected chi connectivity index (χ2v) is 4.91. The zero-order valence-electron chi connectivity index (χ0n) is 9.66. The topological polar surface area (TPSA) is 15.6 Å². The number of benzene rings is 1. The largest absolute Gasteiger partial charge is 0.366 e. The Morgan fingerprint density at radius 2 is 1.73 bits per heavy atom. The third-order valence-corrected chi connectivity index (χ3v) is 2.57. The minimum Gasteiger partial charge on any atom is -0.366 e. The zero-order chi connectivity index (χ0) is 11.4. The highest BCUT2D eigenvalue weighted by Crippen LogP contribution is 2.18. The number of hydrogen-bond acceptors (Lipinski definition) is 1. The van der Waals surface area contributed by atoms with Gasteiger partial charge in [-0.3, -0.25) is 0 Å². The number of nitrogens with zero attached hydrogens (tertiary/aromatic N) is 2. The van der Waals surface area contributed by atoms with Gasteiger partial charge in [0.15, 0.2) is 0 Å². The van der Waals surface area contributed by atoms with Crippen LogP contribution >= 0.6 is 15.9 Å². The smallest absolute Gasteiger partial charge is 0.107 e. The first-order valence-electron chi connectivity index (χ1n) is 5.02. The second-order valence-electron chi connectivity index (χ2n) is 4.00. The van der Waals surface area contributed by atoms with Crippen LogP contribution in [0.3, 0.4) is 0 Å². The van der Waals surface area contributed by atoms with Gasteiger partial charge in [0.1, 0.15) is 5.84 Å². The highest BCUT2D eigenvalue weighted by atomic mass is 79.9. The van der Waals surface area contributed by atoms with Crippen LogP contribution in [0.1, 0.15) is 13.8 Å². The summed E-state index contributed by atoms with van der Waals surface area (Å²) in [5, 5.41) is 0. The van der Waals surface area contributed by atoms with Gasteiger partial charge in [-0.25, -0.2) is 4.99 Å². The first-order chi connectivity index (χ1) is 7.00. The molecule has 82 valence electrons. The van der Waals surface area contributed by atoms with Crippen molar-refractivity contribution >= 4 is 27.5 Å². The Bertz CT molecular complexity index is 329. The molecule has 0 saturated carbocycles. The molecule has 3 heteroatoms. The number of halogens is 1. The molecule has 1 aromatic carbocycles. The molecular formula is C12H17BrN2. The lowest BCUT2D eigenvalue weighted by Gasteiger charge is -2.18. The molecule has 15 heavy (non-hydrogen) atoms. The van der Waals surface area contributed by atoms with E-state index in [2.05, 4.69) is 39.7 Å². The van der Waals surface area contributed by atoms with Gasteiger partial charge in [0, 0.05) is 24.5 Å². The van der Waals surface area contributed by atoms with Crippen molar-refractivity contribution in [2.45, 2.75) is 13.8 Å². The van der Waals surface area contributed by atoms with Crippen LogP contribution in [0.15, 0.2) is 33.7 Å². The van der Waals surface area contributed by atoms with Crippen LogP contribution in [-0.4, -0.2) is 24.8 Å². The third-order valence-electron chi connectivity index (χ3n) is 2.04. The van der Waals surface area contributed by atoms with Crippen molar-refractivity contribution in [3.05, 3.63) is 28.7 Å².